The number of hydrogen-bond donors (Lipinski definition) is 1. The molecule has 1 aliphatic heterocycles. The van der Waals surface area contributed by atoms with Crippen molar-refractivity contribution in [1.82, 2.24) is 4.98 Å². The van der Waals surface area contributed by atoms with Crippen LogP contribution in [0.1, 0.15) is 25.3 Å². The molecule has 0 saturated carbocycles. The molecule has 1 aliphatic rings. The molecule has 100 valence electrons. The molecule has 1 aromatic heterocycles. The smallest absolute Gasteiger partial charge is 0.142 e. The highest BCUT2D eigenvalue weighted by Gasteiger charge is 2.18. The number of thiazole rings is 1. The first kappa shape index (κ1) is 12.5. The maximum atomic E-state index is 5.92. The van der Waals surface area contributed by atoms with Gasteiger partial charge in [-0.05, 0) is 31.0 Å². The molecule has 0 amide bonds. The lowest BCUT2D eigenvalue weighted by atomic mass is 10.1. The highest BCUT2D eigenvalue weighted by atomic mass is 32.1. The fraction of sp³-hybridized carbons (Fsp3) is 0.400. The third-order valence-electron chi connectivity index (χ3n) is 3.40. The molecule has 0 aliphatic carbocycles. The fourth-order valence-electron chi connectivity index (χ4n) is 2.21. The van der Waals surface area contributed by atoms with E-state index in [0.29, 0.717) is 0 Å². The normalized spacial score (nSPS) is 17.5. The second kappa shape index (κ2) is 5.21. The Morgan fingerprint density at radius 3 is 3.05 bits per heavy atom. The van der Waals surface area contributed by atoms with E-state index in [1.165, 1.54) is 5.01 Å². The lowest BCUT2D eigenvalue weighted by molar-refractivity contribution is 0.202. The number of benzene rings is 1. The zero-order chi connectivity index (χ0) is 13.2. The van der Waals surface area contributed by atoms with Crippen molar-refractivity contribution in [2.24, 2.45) is 0 Å². The second-order valence-corrected chi connectivity index (χ2v) is 5.66. The Kier molecular flexibility index (Phi) is 3.42. The summed E-state index contributed by atoms with van der Waals surface area (Å²) >= 11 is 1.72. The number of hydrogen-bond acceptors (Lipinski definition) is 4. The summed E-state index contributed by atoms with van der Waals surface area (Å²) in [6, 6.07) is 6.27. The maximum absolute atomic E-state index is 5.92. The Balaban J connectivity index is 1.89. The summed E-state index contributed by atoms with van der Waals surface area (Å²) in [5.74, 6) is 0.952. The van der Waals surface area contributed by atoms with Crippen molar-refractivity contribution in [2.45, 2.75) is 32.8 Å². The van der Waals surface area contributed by atoms with E-state index in [-0.39, 0.29) is 6.10 Å². The summed E-state index contributed by atoms with van der Waals surface area (Å²) in [5, 5.41) is 6.75. The van der Waals surface area contributed by atoms with Crippen LogP contribution in [0.15, 0.2) is 23.6 Å². The molecule has 3 rings (SSSR count). The van der Waals surface area contributed by atoms with Crippen molar-refractivity contribution >= 4 is 17.0 Å². The van der Waals surface area contributed by atoms with Crippen molar-refractivity contribution < 1.29 is 4.74 Å². The van der Waals surface area contributed by atoms with E-state index < -0.39 is 0 Å². The quantitative estimate of drug-likeness (QED) is 0.920. The highest BCUT2D eigenvalue weighted by molar-refractivity contribution is 7.09. The van der Waals surface area contributed by atoms with Crippen LogP contribution in [0.2, 0.25) is 0 Å². The number of rotatable bonds is 3. The van der Waals surface area contributed by atoms with Crippen molar-refractivity contribution in [1.29, 1.82) is 0 Å². The van der Waals surface area contributed by atoms with Crippen molar-refractivity contribution in [2.75, 3.05) is 11.9 Å². The molecule has 2 aromatic rings. The van der Waals surface area contributed by atoms with Gasteiger partial charge in [-0.2, -0.15) is 0 Å². The molecular weight excluding hydrogens is 256 g/mol. The molecular formula is C15H18N2OS. The predicted octanol–water partition coefficient (Wildman–Crippen LogP) is 3.96. The van der Waals surface area contributed by atoms with E-state index in [4.69, 9.17) is 4.74 Å². The summed E-state index contributed by atoms with van der Waals surface area (Å²) in [6.45, 7) is 5.16. The second-order valence-electron chi connectivity index (χ2n) is 4.72. The first-order valence-electron chi connectivity index (χ1n) is 6.79. The van der Waals surface area contributed by atoms with Gasteiger partial charge >= 0.3 is 0 Å². The summed E-state index contributed by atoms with van der Waals surface area (Å²) in [6.07, 6.45) is 2.30. The Morgan fingerprint density at radius 1 is 1.42 bits per heavy atom. The van der Waals surface area contributed by atoms with Crippen LogP contribution in [-0.4, -0.2) is 17.6 Å². The third-order valence-corrected chi connectivity index (χ3v) is 4.39. The Bertz CT molecular complexity index is 579. The molecule has 1 atom stereocenters. The van der Waals surface area contributed by atoms with Gasteiger partial charge in [0, 0.05) is 10.9 Å². The minimum absolute atomic E-state index is 0.282. The standard InChI is InChI=1S/C15H18N2OS/c1-3-11-8-16-12-7-10(5-6-14(12)18-11)13-9-19-15(4-2)17-13/h5-7,9,11,16H,3-4,8H2,1-2H3. The molecule has 0 bridgehead atoms. The number of nitrogens with one attached hydrogen (secondary N) is 1. The van der Waals surface area contributed by atoms with E-state index >= 15 is 0 Å². The molecule has 1 unspecified atom stereocenters. The topological polar surface area (TPSA) is 34.2 Å². The van der Waals surface area contributed by atoms with Gasteiger partial charge in [-0.1, -0.05) is 13.8 Å². The van der Waals surface area contributed by atoms with Gasteiger partial charge in [-0.25, -0.2) is 4.98 Å². The van der Waals surface area contributed by atoms with Crippen molar-refractivity contribution in [3.63, 3.8) is 0 Å². The van der Waals surface area contributed by atoms with Gasteiger partial charge in [0.15, 0.2) is 0 Å². The van der Waals surface area contributed by atoms with Gasteiger partial charge in [0.25, 0.3) is 0 Å². The van der Waals surface area contributed by atoms with Gasteiger partial charge in [-0.3, -0.25) is 0 Å². The van der Waals surface area contributed by atoms with Gasteiger partial charge < -0.3 is 10.1 Å². The number of nitrogens with zero attached hydrogens (tertiary/aromatic N) is 1. The summed E-state index contributed by atoms with van der Waals surface area (Å²) < 4.78 is 5.92. The molecule has 1 aromatic carbocycles. The van der Waals surface area contributed by atoms with Crippen LogP contribution in [-0.2, 0) is 6.42 Å². The Morgan fingerprint density at radius 2 is 2.32 bits per heavy atom. The molecule has 2 heterocycles. The summed E-state index contributed by atoms with van der Waals surface area (Å²) in [5.41, 5.74) is 3.29. The van der Waals surface area contributed by atoms with E-state index in [1.54, 1.807) is 11.3 Å². The van der Waals surface area contributed by atoms with E-state index in [2.05, 4.69) is 41.7 Å². The summed E-state index contributed by atoms with van der Waals surface area (Å²) in [7, 11) is 0. The fourth-order valence-corrected chi connectivity index (χ4v) is 2.96. The maximum Gasteiger partial charge on any atom is 0.142 e. The average Bonchev–Trinajstić information content (AvgIpc) is 2.95. The molecule has 0 fully saturated rings. The minimum atomic E-state index is 0.282. The third kappa shape index (κ3) is 2.45. The first-order valence-corrected chi connectivity index (χ1v) is 7.67. The molecule has 0 saturated heterocycles. The minimum Gasteiger partial charge on any atom is -0.486 e. The van der Waals surface area contributed by atoms with Crippen LogP contribution < -0.4 is 10.1 Å². The molecule has 1 N–H and O–H groups in total. The van der Waals surface area contributed by atoms with Crippen LogP contribution >= 0.6 is 11.3 Å². The molecule has 4 heteroatoms. The van der Waals surface area contributed by atoms with E-state index in [1.807, 2.05) is 6.07 Å². The van der Waals surface area contributed by atoms with Gasteiger partial charge in [0.1, 0.15) is 11.9 Å². The van der Waals surface area contributed by atoms with Crippen LogP contribution in [0, 0.1) is 0 Å². The zero-order valence-corrected chi connectivity index (χ0v) is 12.1. The van der Waals surface area contributed by atoms with Gasteiger partial charge in [0.2, 0.25) is 0 Å². The summed E-state index contributed by atoms with van der Waals surface area (Å²) in [4.78, 5) is 4.63. The lowest BCUT2D eigenvalue weighted by Crippen LogP contribution is -2.29. The largest absolute Gasteiger partial charge is 0.486 e. The highest BCUT2D eigenvalue weighted by Crippen LogP contribution is 2.34. The molecule has 3 nitrogen and oxygen atoms in total. The van der Waals surface area contributed by atoms with Gasteiger partial charge in [-0.15, -0.1) is 11.3 Å². The SMILES string of the molecule is CCc1nc(-c2ccc3c(c2)NCC(CC)O3)cs1. The van der Waals surface area contributed by atoms with Crippen molar-refractivity contribution in [3.05, 3.63) is 28.6 Å². The van der Waals surface area contributed by atoms with E-state index in [9.17, 15) is 0 Å². The molecule has 0 spiro atoms. The zero-order valence-electron chi connectivity index (χ0n) is 11.3. The number of fused-ring (bicyclic) bond motifs is 1. The predicted molar refractivity (Wildman–Crippen MR) is 80.1 cm³/mol. The van der Waals surface area contributed by atoms with Crippen LogP contribution in [0.25, 0.3) is 11.3 Å². The monoisotopic (exact) mass is 274 g/mol. The van der Waals surface area contributed by atoms with Crippen LogP contribution in [0.3, 0.4) is 0 Å². The number of aromatic nitrogens is 1. The van der Waals surface area contributed by atoms with Crippen molar-refractivity contribution in [3.8, 4) is 17.0 Å². The Hall–Kier alpha value is -1.55. The van der Waals surface area contributed by atoms with Crippen LogP contribution in [0.4, 0.5) is 5.69 Å². The van der Waals surface area contributed by atoms with E-state index in [0.717, 1.165) is 42.1 Å². The Labute approximate surface area is 117 Å². The first-order chi connectivity index (χ1) is 9.30. The van der Waals surface area contributed by atoms with Crippen LogP contribution in [0.5, 0.6) is 5.75 Å². The average molecular weight is 274 g/mol. The van der Waals surface area contributed by atoms with Gasteiger partial charge in [0.05, 0.1) is 22.9 Å². The molecule has 19 heavy (non-hydrogen) atoms. The lowest BCUT2D eigenvalue weighted by Gasteiger charge is -2.26. The number of anilines is 1. The molecule has 0 radical (unpaired) electrons. The number of aryl methyl sites for hydroxylation is 1. The number of ether oxygens (including phenoxy) is 1.